The van der Waals surface area contributed by atoms with Crippen molar-refractivity contribution in [2.45, 2.75) is 83.1 Å². The van der Waals surface area contributed by atoms with E-state index in [2.05, 4.69) is 91.1 Å². The van der Waals surface area contributed by atoms with E-state index < -0.39 is 0 Å². The molecule has 1 atom stereocenters. The first-order chi connectivity index (χ1) is 16.7. The molecule has 0 unspecified atom stereocenters. The van der Waals surface area contributed by atoms with Crippen LogP contribution in [0.15, 0.2) is 84.9 Å². The maximum Gasteiger partial charge on any atom is 0.119 e. The normalized spacial score (nSPS) is 12.8. The Labute approximate surface area is 207 Å². The molecule has 0 heterocycles. The molecule has 0 amide bonds. The second-order valence-electron chi connectivity index (χ2n) is 9.69. The molecule has 3 aromatic rings. The van der Waals surface area contributed by atoms with Gasteiger partial charge in [-0.15, -0.1) is 0 Å². The number of unbranched alkanes of at least 4 members (excludes halogenated alkanes) is 7. The third-order valence-corrected chi connectivity index (χ3v) is 6.75. The average molecular weight is 458 g/mol. The third-order valence-electron chi connectivity index (χ3n) is 6.75. The van der Waals surface area contributed by atoms with Gasteiger partial charge in [-0.2, -0.15) is 0 Å². The average Bonchev–Trinajstić information content (AvgIpc) is 2.87. The van der Waals surface area contributed by atoms with Crippen LogP contribution < -0.4 is 10.1 Å². The number of methoxy groups -OCH3 is 1. The van der Waals surface area contributed by atoms with Gasteiger partial charge >= 0.3 is 0 Å². The molecule has 0 fully saturated rings. The minimum atomic E-state index is -0.0583. The molecule has 0 aliphatic heterocycles. The van der Waals surface area contributed by atoms with Crippen molar-refractivity contribution >= 4 is 5.69 Å². The van der Waals surface area contributed by atoms with Crippen LogP contribution in [0.4, 0.5) is 5.69 Å². The number of benzene rings is 3. The molecule has 1 N–H and O–H groups in total. The number of anilines is 1. The number of hydrogen-bond donors (Lipinski definition) is 1. The Bertz CT molecular complexity index is 881. The van der Waals surface area contributed by atoms with Gasteiger partial charge in [-0.3, -0.25) is 0 Å². The van der Waals surface area contributed by atoms with E-state index in [9.17, 15) is 0 Å². The second-order valence-corrected chi connectivity index (χ2v) is 9.69. The predicted octanol–water partition coefficient (Wildman–Crippen LogP) is 8.86. The SMILES string of the molecule is CCCCCCCCCC[C@](Cc1ccccc1)(Cc1cccc(OC)c1)Nc1ccccc1. The van der Waals surface area contributed by atoms with Crippen LogP contribution >= 0.6 is 0 Å². The van der Waals surface area contributed by atoms with Gasteiger partial charge in [-0.1, -0.05) is 119 Å². The molecule has 34 heavy (non-hydrogen) atoms. The molecule has 182 valence electrons. The highest BCUT2D eigenvalue weighted by atomic mass is 16.5. The summed E-state index contributed by atoms with van der Waals surface area (Å²) in [5.74, 6) is 0.929. The highest BCUT2D eigenvalue weighted by molar-refractivity contribution is 5.47. The predicted molar refractivity (Wildman–Crippen MR) is 147 cm³/mol. The highest BCUT2D eigenvalue weighted by Crippen LogP contribution is 2.31. The molecule has 0 aliphatic rings. The van der Waals surface area contributed by atoms with Crippen LogP contribution in [0.25, 0.3) is 0 Å². The molecule has 0 saturated carbocycles. The van der Waals surface area contributed by atoms with E-state index in [1.807, 2.05) is 6.07 Å². The van der Waals surface area contributed by atoms with Crippen LogP contribution in [0.1, 0.15) is 75.8 Å². The number of nitrogens with one attached hydrogen (secondary N) is 1. The monoisotopic (exact) mass is 457 g/mol. The Morgan fingerprint density at radius 2 is 1.24 bits per heavy atom. The zero-order valence-electron chi connectivity index (χ0n) is 21.3. The summed E-state index contributed by atoms with van der Waals surface area (Å²) >= 11 is 0. The van der Waals surface area contributed by atoms with Crippen LogP contribution in [-0.4, -0.2) is 12.6 Å². The molecule has 0 bridgehead atoms. The van der Waals surface area contributed by atoms with Crippen molar-refractivity contribution in [3.05, 3.63) is 96.1 Å². The van der Waals surface area contributed by atoms with Gasteiger partial charge in [0, 0.05) is 11.2 Å². The van der Waals surface area contributed by atoms with Crippen LogP contribution in [0, 0.1) is 0 Å². The molecule has 2 heteroatoms. The van der Waals surface area contributed by atoms with Crippen molar-refractivity contribution in [2.75, 3.05) is 12.4 Å². The summed E-state index contributed by atoms with van der Waals surface area (Å²) in [6, 6.07) is 30.2. The molecule has 0 aliphatic carbocycles. The molecule has 0 spiro atoms. The molecule has 0 radical (unpaired) electrons. The van der Waals surface area contributed by atoms with Crippen molar-refractivity contribution in [2.24, 2.45) is 0 Å². The summed E-state index contributed by atoms with van der Waals surface area (Å²) in [6.07, 6.45) is 13.8. The van der Waals surface area contributed by atoms with Gasteiger partial charge in [0.25, 0.3) is 0 Å². The fraction of sp³-hybridized carbons (Fsp3) is 0.438. The summed E-state index contributed by atoms with van der Waals surface area (Å²) in [5.41, 5.74) is 3.84. The fourth-order valence-electron chi connectivity index (χ4n) is 4.97. The number of para-hydroxylation sites is 1. The van der Waals surface area contributed by atoms with Gasteiger partial charge in [0.1, 0.15) is 5.75 Å². The summed E-state index contributed by atoms with van der Waals surface area (Å²) in [5, 5.41) is 4.00. The zero-order valence-corrected chi connectivity index (χ0v) is 21.3. The topological polar surface area (TPSA) is 21.3 Å². The number of ether oxygens (including phenoxy) is 1. The van der Waals surface area contributed by atoms with Crippen molar-refractivity contribution < 1.29 is 4.74 Å². The van der Waals surface area contributed by atoms with Crippen LogP contribution in [0.2, 0.25) is 0 Å². The van der Waals surface area contributed by atoms with Crippen molar-refractivity contribution in [3.63, 3.8) is 0 Å². The molecular formula is C32H43NO. The largest absolute Gasteiger partial charge is 0.497 e. The molecule has 0 aromatic heterocycles. The van der Waals surface area contributed by atoms with Crippen molar-refractivity contribution in [3.8, 4) is 5.75 Å². The Morgan fingerprint density at radius 3 is 1.91 bits per heavy atom. The van der Waals surface area contributed by atoms with Gasteiger partial charge in [-0.05, 0) is 54.7 Å². The molecule has 0 saturated heterocycles. The van der Waals surface area contributed by atoms with Gasteiger partial charge < -0.3 is 10.1 Å². The Morgan fingerprint density at radius 1 is 0.647 bits per heavy atom. The van der Waals surface area contributed by atoms with Gasteiger partial charge in [0.2, 0.25) is 0 Å². The van der Waals surface area contributed by atoms with E-state index in [0.29, 0.717) is 0 Å². The molecule has 3 aromatic carbocycles. The van der Waals surface area contributed by atoms with Gasteiger partial charge in [0.05, 0.1) is 7.11 Å². The lowest BCUT2D eigenvalue weighted by Gasteiger charge is -2.37. The summed E-state index contributed by atoms with van der Waals surface area (Å²) in [7, 11) is 1.75. The summed E-state index contributed by atoms with van der Waals surface area (Å²) < 4.78 is 5.54. The Kier molecular flexibility index (Phi) is 11.0. The second kappa shape index (κ2) is 14.5. The Balaban J connectivity index is 1.79. The van der Waals surface area contributed by atoms with Crippen molar-refractivity contribution in [1.29, 1.82) is 0 Å². The first-order valence-corrected chi connectivity index (χ1v) is 13.2. The van der Waals surface area contributed by atoms with E-state index in [1.165, 1.54) is 68.2 Å². The first kappa shape index (κ1) is 25.9. The maximum atomic E-state index is 5.54. The van der Waals surface area contributed by atoms with E-state index in [1.54, 1.807) is 7.11 Å². The van der Waals surface area contributed by atoms with Gasteiger partial charge in [0.15, 0.2) is 0 Å². The van der Waals surface area contributed by atoms with Crippen molar-refractivity contribution in [1.82, 2.24) is 0 Å². The maximum absolute atomic E-state index is 5.54. The summed E-state index contributed by atoms with van der Waals surface area (Å²) in [4.78, 5) is 0. The zero-order chi connectivity index (χ0) is 23.9. The Hall–Kier alpha value is -2.74. The minimum absolute atomic E-state index is 0.0583. The van der Waals surface area contributed by atoms with E-state index in [0.717, 1.165) is 25.0 Å². The van der Waals surface area contributed by atoms with E-state index >= 15 is 0 Å². The van der Waals surface area contributed by atoms with Crippen LogP contribution in [0.3, 0.4) is 0 Å². The lowest BCUT2D eigenvalue weighted by molar-refractivity contribution is 0.396. The first-order valence-electron chi connectivity index (χ1n) is 13.2. The summed E-state index contributed by atoms with van der Waals surface area (Å²) in [6.45, 7) is 2.29. The van der Waals surface area contributed by atoms with Crippen LogP contribution in [-0.2, 0) is 12.8 Å². The molecule has 3 rings (SSSR count). The lowest BCUT2D eigenvalue weighted by Crippen LogP contribution is -2.43. The standard InChI is InChI=1S/C32H43NO/c1-3-4-5-6-7-8-9-16-24-32(26-28-18-12-10-13-19-28,33-30-21-14-11-15-22-30)27-29-20-17-23-31(25-29)34-2/h10-15,17-23,25,33H,3-9,16,24,26-27H2,1-2H3/t32-/m0/s1. The van der Waals surface area contributed by atoms with Gasteiger partial charge in [-0.25, -0.2) is 0 Å². The van der Waals surface area contributed by atoms with E-state index in [-0.39, 0.29) is 5.54 Å². The smallest absolute Gasteiger partial charge is 0.119 e. The molecular weight excluding hydrogens is 414 g/mol. The number of rotatable bonds is 16. The molecule has 2 nitrogen and oxygen atoms in total. The third kappa shape index (κ3) is 8.89. The quantitative estimate of drug-likeness (QED) is 0.217. The fourth-order valence-corrected chi connectivity index (χ4v) is 4.97. The number of hydrogen-bond acceptors (Lipinski definition) is 2. The lowest BCUT2D eigenvalue weighted by atomic mass is 9.80. The van der Waals surface area contributed by atoms with Crippen LogP contribution in [0.5, 0.6) is 5.75 Å². The minimum Gasteiger partial charge on any atom is -0.497 e. The van der Waals surface area contributed by atoms with E-state index in [4.69, 9.17) is 4.74 Å². The highest BCUT2D eigenvalue weighted by Gasteiger charge is 2.30.